The summed E-state index contributed by atoms with van der Waals surface area (Å²) < 4.78 is 0. The number of fused-ring (bicyclic) bond motifs is 5. The average molecular weight is 401 g/mol. The van der Waals surface area contributed by atoms with Crippen molar-refractivity contribution in [3.8, 4) is 0 Å². The maximum Gasteiger partial charge on any atom is 0.0326 e. The van der Waals surface area contributed by atoms with Gasteiger partial charge in [-0.05, 0) is 97.3 Å². The minimum atomic E-state index is 0.569. The Bertz CT molecular complexity index is 816. The number of hydrogen-bond acceptors (Lipinski definition) is 2. The van der Waals surface area contributed by atoms with Gasteiger partial charge in [0, 0.05) is 25.2 Å². The van der Waals surface area contributed by atoms with Crippen LogP contribution in [0.2, 0.25) is 0 Å². The predicted octanol–water partition coefficient (Wildman–Crippen LogP) is 5.88. The highest BCUT2D eigenvalue weighted by atomic mass is 15.0. The molecule has 0 aromatic heterocycles. The third kappa shape index (κ3) is 3.33. The maximum absolute atomic E-state index is 4.01. The van der Waals surface area contributed by atoms with Crippen LogP contribution in [0.3, 0.4) is 0 Å². The van der Waals surface area contributed by atoms with Crippen molar-refractivity contribution >= 4 is 0 Å². The van der Waals surface area contributed by atoms with Gasteiger partial charge in [0.25, 0.3) is 0 Å². The van der Waals surface area contributed by atoms with Crippen LogP contribution in [0.5, 0.6) is 0 Å². The molecule has 0 heterocycles. The smallest absolute Gasteiger partial charge is 0.0326 e. The van der Waals surface area contributed by atoms with Crippen molar-refractivity contribution in [2.75, 3.05) is 13.1 Å². The van der Waals surface area contributed by atoms with E-state index in [-0.39, 0.29) is 0 Å². The van der Waals surface area contributed by atoms with Crippen LogP contribution in [0.15, 0.2) is 48.5 Å². The molecule has 0 radical (unpaired) electrons. The Hall–Kier alpha value is -1.64. The molecule has 2 N–H and O–H groups in total. The molecule has 2 bridgehead atoms. The summed E-state index contributed by atoms with van der Waals surface area (Å²) in [5.74, 6) is 0. The lowest BCUT2D eigenvalue weighted by Crippen LogP contribution is -2.50. The van der Waals surface area contributed by atoms with E-state index >= 15 is 0 Å². The van der Waals surface area contributed by atoms with Gasteiger partial charge in [-0.25, -0.2) is 0 Å². The summed E-state index contributed by atoms with van der Waals surface area (Å²) in [4.78, 5) is 0. The van der Waals surface area contributed by atoms with Crippen molar-refractivity contribution in [2.24, 2.45) is 10.8 Å². The largest absolute Gasteiger partial charge is 0.309 e. The van der Waals surface area contributed by atoms with Crippen LogP contribution in [0.4, 0.5) is 0 Å². The third-order valence-corrected chi connectivity index (χ3v) is 9.27. The highest BCUT2D eigenvalue weighted by Crippen LogP contribution is 2.56. The number of hydrogen-bond donors (Lipinski definition) is 2. The molecule has 0 saturated heterocycles. The van der Waals surface area contributed by atoms with Gasteiger partial charge < -0.3 is 10.6 Å². The topological polar surface area (TPSA) is 24.1 Å². The van der Waals surface area contributed by atoms with Crippen molar-refractivity contribution in [2.45, 2.75) is 76.3 Å². The van der Waals surface area contributed by atoms with Gasteiger partial charge in [0.15, 0.2) is 0 Å². The minimum absolute atomic E-state index is 0.569. The van der Waals surface area contributed by atoms with Crippen molar-refractivity contribution < 1.29 is 0 Å². The zero-order valence-electron chi connectivity index (χ0n) is 18.3. The highest BCUT2D eigenvalue weighted by molar-refractivity contribution is 5.35. The lowest BCUT2D eigenvalue weighted by atomic mass is 9.53. The first-order valence-corrected chi connectivity index (χ1v) is 12.4. The third-order valence-electron chi connectivity index (χ3n) is 9.27. The van der Waals surface area contributed by atoms with E-state index in [2.05, 4.69) is 59.2 Å². The van der Waals surface area contributed by atoms with E-state index in [1.165, 1.54) is 77.3 Å². The van der Waals surface area contributed by atoms with E-state index in [0.717, 1.165) is 0 Å². The number of aryl methyl sites for hydroxylation is 2. The van der Waals surface area contributed by atoms with Crippen molar-refractivity contribution in [1.82, 2.24) is 10.6 Å². The van der Waals surface area contributed by atoms with Gasteiger partial charge in [0.2, 0.25) is 0 Å². The Morgan fingerprint density at radius 2 is 1.00 bits per heavy atom. The van der Waals surface area contributed by atoms with Crippen LogP contribution in [-0.2, 0) is 12.8 Å². The summed E-state index contributed by atoms with van der Waals surface area (Å²) in [5, 5.41) is 8.02. The van der Waals surface area contributed by atoms with E-state index in [4.69, 9.17) is 0 Å². The molecule has 3 saturated carbocycles. The van der Waals surface area contributed by atoms with Crippen LogP contribution in [-0.4, -0.2) is 13.1 Å². The van der Waals surface area contributed by atoms with Crippen LogP contribution < -0.4 is 10.6 Å². The molecule has 2 atom stereocenters. The van der Waals surface area contributed by atoms with Crippen molar-refractivity contribution in [3.05, 3.63) is 70.8 Å². The van der Waals surface area contributed by atoms with Crippen LogP contribution in [0, 0.1) is 10.8 Å². The Labute approximate surface area is 181 Å². The van der Waals surface area contributed by atoms with Crippen LogP contribution >= 0.6 is 0 Å². The fourth-order valence-corrected chi connectivity index (χ4v) is 7.09. The van der Waals surface area contributed by atoms with Crippen LogP contribution in [0.25, 0.3) is 0 Å². The molecule has 7 rings (SSSR count). The quantitative estimate of drug-likeness (QED) is 0.632. The number of nitrogens with one attached hydrogen (secondary N) is 2. The zero-order chi connectivity index (χ0) is 20.0. The van der Waals surface area contributed by atoms with Crippen molar-refractivity contribution in [3.63, 3.8) is 0 Å². The fourth-order valence-electron chi connectivity index (χ4n) is 7.09. The SMILES string of the molecule is c1ccc2c(c1)CCC2NCC12CCC(CNC3CCc4ccccc43)(CC1)CC2. The Morgan fingerprint density at radius 3 is 1.43 bits per heavy atom. The van der Waals surface area contributed by atoms with Crippen molar-refractivity contribution in [1.29, 1.82) is 0 Å². The van der Waals surface area contributed by atoms with E-state index in [9.17, 15) is 0 Å². The second-order valence-corrected chi connectivity index (χ2v) is 10.8. The zero-order valence-corrected chi connectivity index (χ0v) is 18.3. The van der Waals surface area contributed by atoms with Crippen LogP contribution in [0.1, 0.15) is 85.7 Å². The summed E-state index contributed by atoms with van der Waals surface area (Å²) in [7, 11) is 0. The maximum atomic E-state index is 4.01. The standard InChI is InChI=1S/C28H36N2/c1-3-7-23-21(5-1)9-11-25(23)29-19-27-13-16-28(17-14-27,18-15-27)20-30-26-12-10-22-6-2-4-8-24(22)26/h1-8,25-26,29-30H,9-20H2. The molecular formula is C28H36N2. The molecule has 2 nitrogen and oxygen atoms in total. The van der Waals surface area contributed by atoms with E-state index in [1.54, 1.807) is 22.3 Å². The normalized spacial score (nSPS) is 34.1. The predicted molar refractivity (Wildman–Crippen MR) is 124 cm³/mol. The number of rotatable bonds is 6. The molecule has 0 aliphatic heterocycles. The summed E-state index contributed by atoms with van der Waals surface area (Å²) in [6, 6.07) is 19.3. The van der Waals surface area contributed by atoms with Gasteiger partial charge in [-0.1, -0.05) is 48.5 Å². The monoisotopic (exact) mass is 400 g/mol. The molecule has 158 valence electrons. The molecular weight excluding hydrogens is 364 g/mol. The minimum Gasteiger partial charge on any atom is -0.309 e. The first-order chi connectivity index (χ1) is 14.7. The second-order valence-electron chi connectivity index (χ2n) is 10.8. The molecule has 2 heteroatoms. The molecule has 5 aliphatic rings. The molecule has 3 fully saturated rings. The summed E-state index contributed by atoms with van der Waals surface area (Å²) in [5.41, 5.74) is 7.40. The summed E-state index contributed by atoms with van der Waals surface area (Å²) in [6.07, 6.45) is 13.6. The molecule has 2 aromatic rings. The second kappa shape index (κ2) is 7.50. The Morgan fingerprint density at radius 1 is 0.600 bits per heavy atom. The van der Waals surface area contributed by atoms with Gasteiger partial charge >= 0.3 is 0 Å². The van der Waals surface area contributed by atoms with Gasteiger partial charge in [-0.15, -0.1) is 0 Å². The lowest BCUT2D eigenvalue weighted by molar-refractivity contribution is -0.0103. The average Bonchev–Trinajstić information content (AvgIpc) is 3.42. The molecule has 30 heavy (non-hydrogen) atoms. The molecule has 5 aliphatic carbocycles. The van der Waals surface area contributed by atoms with E-state index in [0.29, 0.717) is 22.9 Å². The van der Waals surface area contributed by atoms with Gasteiger partial charge in [-0.3, -0.25) is 0 Å². The molecule has 2 aromatic carbocycles. The molecule has 2 unspecified atom stereocenters. The Kier molecular flexibility index (Phi) is 4.77. The van der Waals surface area contributed by atoms with Gasteiger partial charge in [0.05, 0.1) is 0 Å². The number of benzene rings is 2. The lowest BCUT2D eigenvalue weighted by Gasteiger charge is -2.54. The van der Waals surface area contributed by atoms with E-state index < -0.39 is 0 Å². The molecule has 0 amide bonds. The summed E-state index contributed by atoms with van der Waals surface area (Å²) >= 11 is 0. The highest BCUT2D eigenvalue weighted by Gasteiger charge is 2.48. The van der Waals surface area contributed by atoms with Gasteiger partial charge in [0.1, 0.15) is 0 Å². The van der Waals surface area contributed by atoms with E-state index in [1.807, 2.05) is 0 Å². The van der Waals surface area contributed by atoms with Gasteiger partial charge in [-0.2, -0.15) is 0 Å². The Balaban J connectivity index is 1.04. The molecule has 0 spiro atoms. The fraction of sp³-hybridized carbons (Fsp3) is 0.571. The summed E-state index contributed by atoms with van der Waals surface area (Å²) in [6.45, 7) is 2.46. The first-order valence-electron chi connectivity index (χ1n) is 12.4. The first kappa shape index (κ1) is 19.1.